The van der Waals surface area contributed by atoms with Crippen LogP contribution in [0.15, 0.2) is 64.8 Å². The van der Waals surface area contributed by atoms with E-state index in [9.17, 15) is 0 Å². The van der Waals surface area contributed by atoms with Crippen LogP contribution in [0.4, 0.5) is 11.4 Å². The van der Waals surface area contributed by atoms with Crippen molar-refractivity contribution >= 4 is 24.0 Å². The Hall–Kier alpha value is -1.61. The molecule has 0 unspecified atom stereocenters. The first-order valence-corrected chi connectivity index (χ1v) is 5.68. The van der Waals surface area contributed by atoms with Crippen molar-refractivity contribution in [2.24, 2.45) is 10.2 Å². The first-order valence-electron chi connectivity index (χ1n) is 5.05. The van der Waals surface area contributed by atoms with E-state index in [2.05, 4.69) is 22.9 Å². The summed E-state index contributed by atoms with van der Waals surface area (Å²) in [6.07, 6.45) is 0. The number of rotatable bonds is 3. The summed E-state index contributed by atoms with van der Waals surface area (Å²) in [6.45, 7) is 0. The van der Waals surface area contributed by atoms with E-state index in [-0.39, 0.29) is 0 Å². The predicted molar refractivity (Wildman–Crippen MR) is 69.8 cm³/mol. The van der Waals surface area contributed by atoms with E-state index in [0.717, 1.165) is 17.1 Å². The third-order valence-corrected chi connectivity index (χ3v) is 2.52. The number of azo groups is 1. The monoisotopic (exact) mass is 228 g/mol. The molecular weight excluding hydrogens is 216 g/mol. The van der Waals surface area contributed by atoms with Crippen molar-refractivity contribution in [3.05, 3.63) is 60.2 Å². The highest BCUT2D eigenvalue weighted by Gasteiger charge is 1.91. The molecule has 80 valence electrons. The molecule has 0 aromatic heterocycles. The van der Waals surface area contributed by atoms with Gasteiger partial charge < -0.3 is 0 Å². The van der Waals surface area contributed by atoms with Gasteiger partial charge in [-0.25, -0.2) is 0 Å². The van der Waals surface area contributed by atoms with Crippen LogP contribution in [0.25, 0.3) is 0 Å². The smallest absolute Gasteiger partial charge is 0.0857 e. The van der Waals surface area contributed by atoms with Crippen LogP contribution in [0.3, 0.4) is 0 Å². The summed E-state index contributed by atoms with van der Waals surface area (Å²) in [5, 5.41) is 8.29. The minimum atomic E-state index is 0.746. The standard InChI is InChI=1S/C13H12N2S/c16-10-11-6-8-13(9-7-11)15-14-12-4-2-1-3-5-12/h1-9,16H,10H2. The number of nitrogens with zero attached hydrogens (tertiary/aromatic N) is 2. The summed E-state index contributed by atoms with van der Waals surface area (Å²) in [7, 11) is 0. The van der Waals surface area contributed by atoms with Gasteiger partial charge in [-0.3, -0.25) is 0 Å². The van der Waals surface area contributed by atoms with Gasteiger partial charge in [0.2, 0.25) is 0 Å². The Kier molecular flexibility index (Phi) is 3.72. The molecule has 0 radical (unpaired) electrons. The maximum atomic E-state index is 4.20. The summed E-state index contributed by atoms with van der Waals surface area (Å²) in [5.74, 6) is 0.746. The maximum absolute atomic E-state index is 4.20. The largest absolute Gasteiger partial charge is 0.175 e. The van der Waals surface area contributed by atoms with E-state index in [0.29, 0.717) is 0 Å². The molecule has 2 rings (SSSR count). The van der Waals surface area contributed by atoms with Crippen LogP contribution in [-0.4, -0.2) is 0 Å². The number of hydrogen-bond donors (Lipinski definition) is 1. The molecule has 2 aromatic carbocycles. The van der Waals surface area contributed by atoms with E-state index in [1.165, 1.54) is 5.56 Å². The molecule has 0 amide bonds. The zero-order valence-corrected chi connectivity index (χ0v) is 9.64. The van der Waals surface area contributed by atoms with E-state index in [1.54, 1.807) is 0 Å². The highest BCUT2D eigenvalue weighted by molar-refractivity contribution is 7.79. The molecule has 0 aliphatic carbocycles. The molecule has 3 heteroatoms. The normalized spacial score (nSPS) is 10.8. The zero-order chi connectivity index (χ0) is 11.2. The van der Waals surface area contributed by atoms with Crippen molar-refractivity contribution in [1.82, 2.24) is 0 Å². The van der Waals surface area contributed by atoms with E-state index in [1.807, 2.05) is 54.6 Å². The minimum absolute atomic E-state index is 0.746. The molecule has 0 atom stereocenters. The average molecular weight is 228 g/mol. The predicted octanol–water partition coefficient (Wildman–Crippen LogP) is 4.53. The second-order valence-corrected chi connectivity index (χ2v) is 3.68. The third-order valence-electron chi connectivity index (χ3n) is 2.16. The fourth-order valence-corrected chi connectivity index (χ4v) is 1.49. The lowest BCUT2D eigenvalue weighted by molar-refractivity contribution is 1.23. The summed E-state index contributed by atoms with van der Waals surface area (Å²) in [5.41, 5.74) is 2.90. The molecule has 16 heavy (non-hydrogen) atoms. The Bertz CT molecular complexity index is 463. The van der Waals surface area contributed by atoms with Gasteiger partial charge in [-0.15, -0.1) is 0 Å². The van der Waals surface area contributed by atoms with Gasteiger partial charge in [0.05, 0.1) is 11.4 Å². The van der Waals surface area contributed by atoms with Gasteiger partial charge in [-0.05, 0) is 29.8 Å². The van der Waals surface area contributed by atoms with Crippen LogP contribution in [0, 0.1) is 0 Å². The highest BCUT2D eigenvalue weighted by atomic mass is 32.1. The van der Waals surface area contributed by atoms with Crippen LogP contribution >= 0.6 is 12.6 Å². The molecule has 0 saturated heterocycles. The Morgan fingerprint density at radius 2 is 1.31 bits per heavy atom. The molecule has 0 spiro atoms. The van der Waals surface area contributed by atoms with Gasteiger partial charge in [0.1, 0.15) is 0 Å². The highest BCUT2D eigenvalue weighted by Crippen LogP contribution is 2.18. The van der Waals surface area contributed by atoms with Crippen molar-refractivity contribution < 1.29 is 0 Å². The number of benzene rings is 2. The topological polar surface area (TPSA) is 24.7 Å². The minimum Gasteiger partial charge on any atom is -0.175 e. The van der Waals surface area contributed by atoms with Gasteiger partial charge in [0, 0.05) is 5.75 Å². The fourth-order valence-electron chi connectivity index (χ4n) is 1.28. The van der Waals surface area contributed by atoms with Gasteiger partial charge in [-0.1, -0.05) is 30.3 Å². The van der Waals surface area contributed by atoms with Crippen molar-refractivity contribution in [1.29, 1.82) is 0 Å². The molecule has 2 aromatic rings. The molecule has 0 N–H and O–H groups in total. The van der Waals surface area contributed by atoms with Gasteiger partial charge in [-0.2, -0.15) is 22.9 Å². The molecular formula is C13H12N2S. The van der Waals surface area contributed by atoms with Crippen molar-refractivity contribution in [2.75, 3.05) is 0 Å². The molecule has 0 saturated carbocycles. The molecule has 2 nitrogen and oxygen atoms in total. The summed E-state index contributed by atoms with van der Waals surface area (Å²) >= 11 is 4.20. The van der Waals surface area contributed by atoms with Crippen LogP contribution in [0.2, 0.25) is 0 Å². The van der Waals surface area contributed by atoms with E-state index < -0.39 is 0 Å². The fraction of sp³-hybridized carbons (Fsp3) is 0.0769. The van der Waals surface area contributed by atoms with Gasteiger partial charge in [0.25, 0.3) is 0 Å². The van der Waals surface area contributed by atoms with Crippen LogP contribution in [0.5, 0.6) is 0 Å². The van der Waals surface area contributed by atoms with Crippen LogP contribution in [-0.2, 0) is 5.75 Å². The van der Waals surface area contributed by atoms with Crippen LogP contribution < -0.4 is 0 Å². The summed E-state index contributed by atoms with van der Waals surface area (Å²) in [6, 6.07) is 17.6. The zero-order valence-electron chi connectivity index (χ0n) is 8.74. The number of hydrogen-bond acceptors (Lipinski definition) is 3. The summed E-state index contributed by atoms with van der Waals surface area (Å²) in [4.78, 5) is 0. The molecule has 0 bridgehead atoms. The lowest BCUT2D eigenvalue weighted by Crippen LogP contribution is -1.73. The molecule has 0 aliphatic rings. The van der Waals surface area contributed by atoms with Crippen molar-refractivity contribution in [3.63, 3.8) is 0 Å². The Balaban J connectivity index is 2.12. The second-order valence-electron chi connectivity index (χ2n) is 3.36. The SMILES string of the molecule is SCc1ccc(N=Nc2ccccc2)cc1. The van der Waals surface area contributed by atoms with E-state index >= 15 is 0 Å². The Labute approximate surface area is 100 Å². The van der Waals surface area contributed by atoms with Crippen molar-refractivity contribution in [3.8, 4) is 0 Å². The maximum Gasteiger partial charge on any atom is 0.0857 e. The average Bonchev–Trinajstić information content (AvgIpc) is 2.38. The van der Waals surface area contributed by atoms with Crippen LogP contribution in [0.1, 0.15) is 5.56 Å². The molecule has 0 heterocycles. The summed E-state index contributed by atoms with van der Waals surface area (Å²) < 4.78 is 0. The Morgan fingerprint density at radius 3 is 1.88 bits per heavy atom. The third kappa shape index (κ3) is 2.94. The first kappa shape index (κ1) is 10.9. The molecule has 0 aliphatic heterocycles. The van der Waals surface area contributed by atoms with Gasteiger partial charge >= 0.3 is 0 Å². The van der Waals surface area contributed by atoms with E-state index in [4.69, 9.17) is 0 Å². The Morgan fingerprint density at radius 1 is 0.750 bits per heavy atom. The first-order chi connectivity index (χ1) is 7.88. The second kappa shape index (κ2) is 5.47. The quantitative estimate of drug-likeness (QED) is 0.589. The lowest BCUT2D eigenvalue weighted by atomic mass is 10.2. The van der Waals surface area contributed by atoms with Gasteiger partial charge in [0.15, 0.2) is 0 Å². The molecule has 0 fully saturated rings. The van der Waals surface area contributed by atoms with Crippen molar-refractivity contribution in [2.45, 2.75) is 5.75 Å². The number of thiol groups is 1. The lowest BCUT2D eigenvalue weighted by Gasteiger charge is -1.96.